The molecule has 0 aliphatic carbocycles. The Morgan fingerprint density at radius 3 is 2.84 bits per heavy atom. The van der Waals surface area contributed by atoms with Crippen LogP contribution < -0.4 is 0 Å². The smallest absolute Gasteiger partial charge is 0.175 e. The van der Waals surface area contributed by atoms with Crippen LogP contribution >= 0.6 is 0 Å². The van der Waals surface area contributed by atoms with E-state index < -0.39 is 9.84 Å². The Kier molecular flexibility index (Phi) is 4.63. The van der Waals surface area contributed by atoms with Crippen LogP contribution in [0.25, 0.3) is 0 Å². The van der Waals surface area contributed by atoms with Gasteiger partial charge >= 0.3 is 0 Å². The van der Waals surface area contributed by atoms with Gasteiger partial charge in [-0.05, 0) is 56.0 Å². The first-order chi connectivity index (χ1) is 9.00. The zero-order valence-electron chi connectivity index (χ0n) is 11.8. The van der Waals surface area contributed by atoms with E-state index >= 15 is 0 Å². The van der Waals surface area contributed by atoms with Crippen LogP contribution in [-0.4, -0.2) is 39.2 Å². The van der Waals surface area contributed by atoms with Crippen molar-refractivity contribution < 1.29 is 8.42 Å². The quantitative estimate of drug-likeness (QED) is 0.851. The number of hydrogen-bond donors (Lipinski definition) is 0. The van der Waals surface area contributed by atoms with E-state index in [1.807, 2.05) is 12.1 Å². The molecule has 106 valence electrons. The van der Waals surface area contributed by atoms with Gasteiger partial charge in [0, 0.05) is 12.8 Å². The lowest BCUT2D eigenvalue weighted by Gasteiger charge is -2.32. The molecule has 1 saturated heterocycles. The summed E-state index contributed by atoms with van der Waals surface area (Å²) >= 11 is 0. The summed E-state index contributed by atoms with van der Waals surface area (Å²) in [6.07, 6.45) is 4.81. The fraction of sp³-hybridized carbons (Fsp3) is 0.600. The van der Waals surface area contributed by atoms with Crippen LogP contribution in [0.15, 0.2) is 29.2 Å². The van der Waals surface area contributed by atoms with Gasteiger partial charge in [0.05, 0.1) is 4.90 Å². The normalized spacial score (nSPS) is 21.5. The molecular weight excluding hydrogens is 258 g/mol. The second-order valence-corrected chi connectivity index (χ2v) is 7.50. The summed E-state index contributed by atoms with van der Waals surface area (Å²) in [5, 5.41) is 0. The van der Waals surface area contributed by atoms with E-state index in [4.69, 9.17) is 0 Å². The Morgan fingerprint density at radius 1 is 1.37 bits per heavy atom. The molecule has 0 aromatic heterocycles. The van der Waals surface area contributed by atoms with Gasteiger partial charge < -0.3 is 4.90 Å². The summed E-state index contributed by atoms with van der Waals surface area (Å²) in [4.78, 5) is 2.93. The highest BCUT2D eigenvalue weighted by atomic mass is 32.2. The number of piperidine rings is 1. The highest BCUT2D eigenvalue weighted by Crippen LogP contribution is 2.28. The van der Waals surface area contributed by atoms with Crippen LogP contribution in [0.2, 0.25) is 0 Å². The van der Waals surface area contributed by atoms with Crippen molar-refractivity contribution in [2.24, 2.45) is 0 Å². The second-order valence-electron chi connectivity index (χ2n) is 5.48. The predicted octanol–water partition coefficient (Wildman–Crippen LogP) is 2.68. The van der Waals surface area contributed by atoms with Crippen LogP contribution in [0.5, 0.6) is 0 Å². The fourth-order valence-electron chi connectivity index (χ4n) is 2.85. The van der Waals surface area contributed by atoms with Crippen molar-refractivity contribution in [2.75, 3.05) is 25.9 Å². The molecule has 0 saturated carbocycles. The Balaban J connectivity index is 2.17. The molecule has 4 heteroatoms. The van der Waals surface area contributed by atoms with Gasteiger partial charge in [-0.3, -0.25) is 0 Å². The average Bonchev–Trinajstić information content (AvgIpc) is 2.39. The molecule has 0 spiro atoms. The summed E-state index contributed by atoms with van der Waals surface area (Å²) < 4.78 is 23.2. The van der Waals surface area contributed by atoms with Crippen LogP contribution in [0.1, 0.15) is 37.7 Å². The predicted molar refractivity (Wildman–Crippen MR) is 78.3 cm³/mol. The van der Waals surface area contributed by atoms with Gasteiger partial charge in [0.2, 0.25) is 0 Å². The van der Waals surface area contributed by atoms with Crippen LogP contribution in [-0.2, 0) is 9.84 Å². The Labute approximate surface area is 116 Å². The van der Waals surface area contributed by atoms with Crippen molar-refractivity contribution in [1.29, 1.82) is 0 Å². The molecule has 0 radical (unpaired) electrons. The van der Waals surface area contributed by atoms with Gasteiger partial charge in [0.25, 0.3) is 0 Å². The molecule has 1 aromatic rings. The minimum atomic E-state index is -3.10. The summed E-state index contributed by atoms with van der Waals surface area (Å²) in [6, 6.07) is 7.47. The summed E-state index contributed by atoms with van der Waals surface area (Å²) in [7, 11) is -3.10. The summed E-state index contributed by atoms with van der Waals surface area (Å²) in [5.74, 6) is 0.474. The summed E-state index contributed by atoms with van der Waals surface area (Å²) in [6.45, 7) is 5.58. The second kappa shape index (κ2) is 6.06. The lowest BCUT2D eigenvalue weighted by Crippen LogP contribution is -2.34. The van der Waals surface area contributed by atoms with E-state index in [0.29, 0.717) is 10.8 Å². The van der Waals surface area contributed by atoms with Gasteiger partial charge in [-0.25, -0.2) is 8.42 Å². The maximum Gasteiger partial charge on any atom is 0.175 e. The molecular formula is C15H23NO2S. The molecule has 19 heavy (non-hydrogen) atoms. The van der Waals surface area contributed by atoms with Crippen molar-refractivity contribution in [3.05, 3.63) is 29.8 Å². The zero-order valence-corrected chi connectivity index (χ0v) is 12.6. The number of sulfone groups is 1. The molecule has 0 amide bonds. The molecule has 1 aliphatic heterocycles. The molecule has 1 heterocycles. The van der Waals surface area contributed by atoms with Crippen LogP contribution in [0, 0.1) is 0 Å². The Bertz CT molecular complexity index is 523. The van der Waals surface area contributed by atoms with Gasteiger partial charge in [0.1, 0.15) is 0 Å². The number of nitrogens with zero attached hydrogens (tertiary/aromatic N) is 1. The van der Waals surface area contributed by atoms with Crippen LogP contribution in [0.3, 0.4) is 0 Å². The average molecular weight is 281 g/mol. The molecule has 3 nitrogen and oxygen atoms in total. The van der Waals surface area contributed by atoms with E-state index in [2.05, 4.69) is 17.9 Å². The van der Waals surface area contributed by atoms with Crippen LogP contribution in [0.4, 0.5) is 0 Å². The SMILES string of the molecule is CCCN1CCC[C@@H](c2cccc(S(C)(=O)=O)c2)C1. The molecule has 1 aliphatic rings. The largest absolute Gasteiger partial charge is 0.303 e. The van der Waals surface area contributed by atoms with Crippen molar-refractivity contribution in [3.63, 3.8) is 0 Å². The third kappa shape index (κ3) is 3.80. The molecule has 1 aromatic carbocycles. The van der Waals surface area contributed by atoms with E-state index in [-0.39, 0.29) is 0 Å². The van der Waals surface area contributed by atoms with Crippen molar-refractivity contribution in [2.45, 2.75) is 37.0 Å². The first-order valence-corrected chi connectivity index (χ1v) is 8.92. The fourth-order valence-corrected chi connectivity index (χ4v) is 3.52. The van der Waals surface area contributed by atoms with Gasteiger partial charge in [-0.2, -0.15) is 0 Å². The first-order valence-electron chi connectivity index (χ1n) is 7.03. The van der Waals surface area contributed by atoms with E-state index in [9.17, 15) is 8.42 Å². The Morgan fingerprint density at radius 2 is 2.16 bits per heavy atom. The van der Waals surface area contributed by atoms with Gasteiger partial charge in [-0.1, -0.05) is 19.1 Å². The lowest BCUT2D eigenvalue weighted by molar-refractivity contribution is 0.208. The number of rotatable bonds is 4. The monoisotopic (exact) mass is 281 g/mol. The topological polar surface area (TPSA) is 37.4 Å². The van der Waals surface area contributed by atoms with Crippen molar-refractivity contribution in [1.82, 2.24) is 4.90 Å². The molecule has 0 N–H and O–H groups in total. The van der Waals surface area contributed by atoms with Gasteiger partial charge in [0.15, 0.2) is 9.84 Å². The van der Waals surface area contributed by atoms with Gasteiger partial charge in [-0.15, -0.1) is 0 Å². The van der Waals surface area contributed by atoms with E-state index in [0.717, 1.165) is 19.5 Å². The highest BCUT2D eigenvalue weighted by Gasteiger charge is 2.21. The molecule has 1 fully saturated rings. The number of benzene rings is 1. The molecule has 1 atom stereocenters. The third-order valence-electron chi connectivity index (χ3n) is 3.80. The Hall–Kier alpha value is -0.870. The number of likely N-dealkylation sites (tertiary alicyclic amines) is 1. The third-order valence-corrected chi connectivity index (χ3v) is 4.91. The van der Waals surface area contributed by atoms with Crippen molar-refractivity contribution in [3.8, 4) is 0 Å². The van der Waals surface area contributed by atoms with E-state index in [1.165, 1.54) is 31.2 Å². The minimum Gasteiger partial charge on any atom is -0.303 e. The molecule has 2 rings (SSSR count). The zero-order chi connectivity index (χ0) is 13.9. The van der Waals surface area contributed by atoms with E-state index in [1.54, 1.807) is 6.07 Å². The lowest BCUT2D eigenvalue weighted by atomic mass is 9.90. The van der Waals surface area contributed by atoms with Crippen molar-refractivity contribution >= 4 is 9.84 Å². The maximum atomic E-state index is 11.6. The minimum absolute atomic E-state index is 0.442. The summed E-state index contributed by atoms with van der Waals surface area (Å²) in [5.41, 5.74) is 1.17. The molecule has 0 unspecified atom stereocenters. The maximum absolute atomic E-state index is 11.6. The highest BCUT2D eigenvalue weighted by molar-refractivity contribution is 7.90. The first kappa shape index (κ1) is 14.5. The molecule has 0 bridgehead atoms. The number of hydrogen-bond acceptors (Lipinski definition) is 3. The standard InChI is InChI=1S/C15H23NO2S/c1-3-9-16-10-5-7-14(12-16)13-6-4-8-15(11-13)19(2,17)18/h4,6,8,11,14H,3,5,7,9-10,12H2,1-2H3/t14-/m1/s1.